The summed E-state index contributed by atoms with van der Waals surface area (Å²) in [5.74, 6) is -0.668. The zero-order valence-electron chi connectivity index (χ0n) is 13.4. The second kappa shape index (κ2) is 19.2. The van der Waals surface area contributed by atoms with E-state index in [4.69, 9.17) is 5.11 Å². The number of carboxylic acids is 1. The summed E-state index contributed by atoms with van der Waals surface area (Å²) in [5, 5.41) is 8.49. The Kier molecular flexibility index (Phi) is 21.6. The average Bonchev–Trinajstić information content (AvgIpc) is 2.39. The Hall–Kier alpha value is 0.210. The van der Waals surface area contributed by atoms with Gasteiger partial charge in [-0.05, 0) is 32.1 Å². The topological polar surface area (TPSA) is 37.3 Å². The maximum Gasteiger partial charge on any atom is 1.00 e. The van der Waals surface area contributed by atoms with E-state index >= 15 is 0 Å². The third-order valence-electron chi connectivity index (χ3n) is 3.30. The number of rotatable bonds is 14. The van der Waals surface area contributed by atoms with Gasteiger partial charge in [-0.2, -0.15) is 6.42 Å². The SMILES string of the molecule is [CH2-]CCCCCC/C=C\CCCCCCCC(=O)O.[Na+]. The van der Waals surface area contributed by atoms with E-state index in [0.29, 0.717) is 6.42 Å². The van der Waals surface area contributed by atoms with Crippen LogP contribution in [0, 0.1) is 6.92 Å². The molecule has 0 amide bonds. The summed E-state index contributed by atoms with van der Waals surface area (Å²) in [5.41, 5.74) is 0. The predicted octanol–water partition coefficient (Wildman–Crippen LogP) is 2.54. The molecule has 0 saturated heterocycles. The zero-order valence-corrected chi connectivity index (χ0v) is 15.4. The molecule has 0 aliphatic rings. The molecule has 20 heavy (non-hydrogen) atoms. The van der Waals surface area contributed by atoms with Gasteiger partial charge >= 0.3 is 35.5 Å². The fourth-order valence-corrected chi connectivity index (χ4v) is 2.10. The molecule has 0 aliphatic heterocycles. The molecule has 0 rings (SSSR count). The van der Waals surface area contributed by atoms with Crippen molar-refractivity contribution in [1.29, 1.82) is 0 Å². The molecule has 0 aromatic carbocycles. The van der Waals surface area contributed by atoms with Gasteiger partial charge in [0.25, 0.3) is 0 Å². The number of aliphatic carboxylic acids is 1. The molecule has 0 atom stereocenters. The fraction of sp³-hybridized carbons (Fsp3) is 0.765. The predicted molar refractivity (Wildman–Crippen MR) is 82.2 cm³/mol. The zero-order chi connectivity index (χ0) is 14.2. The first kappa shape index (κ1) is 22.5. The summed E-state index contributed by atoms with van der Waals surface area (Å²) in [6, 6.07) is 0. The maximum absolute atomic E-state index is 10.3. The normalized spacial score (nSPS) is 10.7. The van der Waals surface area contributed by atoms with Gasteiger partial charge in [-0.1, -0.05) is 50.7 Å². The smallest absolute Gasteiger partial charge is 0.481 e. The number of hydrogen-bond acceptors (Lipinski definition) is 1. The molecule has 0 aromatic heterocycles. The molecule has 0 spiro atoms. The van der Waals surface area contributed by atoms with E-state index in [9.17, 15) is 4.79 Å². The maximum atomic E-state index is 10.3. The first-order chi connectivity index (χ1) is 9.27. The molecule has 0 unspecified atom stereocenters. The van der Waals surface area contributed by atoms with Gasteiger partial charge in [0.15, 0.2) is 0 Å². The van der Waals surface area contributed by atoms with Crippen molar-refractivity contribution in [2.75, 3.05) is 0 Å². The largest absolute Gasteiger partial charge is 1.00 e. The van der Waals surface area contributed by atoms with E-state index in [1.807, 2.05) is 0 Å². The van der Waals surface area contributed by atoms with Crippen LogP contribution in [0.1, 0.15) is 83.5 Å². The Bertz CT molecular complexity index is 227. The van der Waals surface area contributed by atoms with Crippen molar-refractivity contribution >= 4 is 5.97 Å². The summed E-state index contributed by atoms with van der Waals surface area (Å²) < 4.78 is 0. The van der Waals surface area contributed by atoms with Crippen LogP contribution in [-0.4, -0.2) is 11.1 Å². The van der Waals surface area contributed by atoms with Gasteiger partial charge in [0.2, 0.25) is 0 Å². The Morgan fingerprint density at radius 3 is 1.75 bits per heavy atom. The quantitative estimate of drug-likeness (QED) is 0.231. The number of carbonyl (C=O) groups is 1. The third-order valence-corrected chi connectivity index (χ3v) is 3.30. The van der Waals surface area contributed by atoms with Crippen LogP contribution in [0.25, 0.3) is 0 Å². The van der Waals surface area contributed by atoms with Gasteiger partial charge in [0.1, 0.15) is 0 Å². The molecule has 0 bridgehead atoms. The number of hydrogen-bond donors (Lipinski definition) is 1. The second-order valence-electron chi connectivity index (χ2n) is 5.23. The van der Waals surface area contributed by atoms with Gasteiger partial charge < -0.3 is 12.0 Å². The molecular formula is C17H31NaO2. The van der Waals surface area contributed by atoms with Crippen LogP contribution in [0.2, 0.25) is 0 Å². The van der Waals surface area contributed by atoms with Crippen LogP contribution in [0.5, 0.6) is 0 Å². The molecule has 0 saturated carbocycles. The third kappa shape index (κ3) is 20.5. The van der Waals surface area contributed by atoms with E-state index in [2.05, 4.69) is 19.1 Å². The second-order valence-corrected chi connectivity index (χ2v) is 5.23. The summed E-state index contributed by atoms with van der Waals surface area (Å²) in [7, 11) is 0. The van der Waals surface area contributed by atoms with Gasteiger partial charge in [-0.25, -0.2) is 0 Å². The Balaban J connectivity index is 0. The van der Waals surface area contributed by atoms with Crippen LogP contribution in [0.15, 0.2) is 12.2 Å². The number of carboxylic acid groups (broad SMARTS) is 1. The Morgan fingerprint density at radius 1 is 0.800 bits per heavy atom. The summed E-state index contributed by atoms with van der Waals surface area (Å²) in [4.78, 5) is 10.3. The molecular weight excluding hydrogens is 259 g/mol. The minimum absolute atomic E-state index is 0. The van der Waals surface area contributed by atoms with Crippen LogP contribution in [-0.2, 0) is 4.79 Å². The van der Waals surface area contributed by atoms with E-state index in [1.54, 1.807) is 0 Å². The van der Waals surface area contributed by atoms with E-state index < -0.39 is 5.97 Å². The summed E-state index contributed by atoms with van der Waals surface area (Å²) in [6.45, 7) is 3.85. The average molecular weight is 290 g/mol. The van der Waals surface area contributed by atoms with Crippen molar-refractivity contribution in [2.45, 2.75) is 83.5 Å². The number of unbranched alkanes of at least 4 members (excludes halogenated alkanes) is 10. The molecule has 2 nitrogen and oxygen atoms in total. The van der Waals surface area contributed by atoms with E-state index in [-0.39, 0.29) is 29.6 Å². The van der Waals surface area contributed by atoms with Gasteiger partial charge in [0.05, 0.1) is 0 Å². The fourth-order valence-electron chi connectivity index (χ4n) is 2.10. The molecule has 3 heteroatoms. The molecule has 1 N–H and O–H groups in total. The standard InChI is InChI=1S/C17H31O2.Na/c1-2-3-4-5-6-7-8-9-10-11-12-13-14-15-16-17(18)19;/h8-9H,1-7,10-16H2,(H,18,19);/q-1;+1/b9-8-;. The van der Waals surface area contributed by atoms with Crippen molar-refractivity contribution in [2.24, 2.45) is 0 Å². The van der Waals surface area contributed by atoms with Crippen molar-refractivity contribution in [1.82, 2.24) is 0 Å². The number of allylic oxidation sites excluding steroid dienone is 2. The molecule has 112 valence electrons. The van der Waals surface area contributed by atoms with Crippen LogP contribution >= 0.6 is 0 Å². The van der Waals surface area contributed by atoms with E-state index in [1.165, 1.54) is 57.8 Å². The summed E-state index contributed by atoms with van der Waals surface area (Å²) in [6.07, 6.45) is 19.2. The molecule has 0 aliphatic carbocycles. The van der Waals surface area contributed by atoms with Crippen molar-refractivity contribution in [3.05, 3.63) is 19.1 Å². The Morgan fingerprint density at radius 2 is 1.25 bits per heavy atom. The van der Waals surface area contributed by atoms with Crippen molar-refractivity contribution < 1.29 is 39.5 Å². The monoisotopic (exact) mass is 290 g/mol. The van der Waals surface area contributed by atoms with E-state index in [0.717, 1.165) is 19.3 Å². The Labute approximate surface area is 147 Å². The summed E-state index contributed by atoms with van der Waals surface area (Å²) >= 11 is 0. The van der Waals surface area contributed by atoms with Crippen molar-refractivity contribution in [3.63, 3.8) is 0 Å². The molecule has 0 aromatic rings. The molecule has 0 heterocycles. The van der Waals surface area contributed by atoms with Crippen LogP contribution in [0.3, 0.4) is 0 Å². The van der Waals surface area contributed by atoms with Gasteiger partial charge in [-0.3, -0.25) is 4.79 Å². The van der Waals surface area contributed by atoms with Crippen molar-refractivity contribution in [3.8, 4) is 0 Å². The van der Waals surface area contributed by atoms with Crippen LogP contribution < -0.4 is 29.6 Å². The first-order valence-corrected chi connectivity index (χ1v) is 7.93. The minimum Gasteiger partial charge on any atom is -0.481 e. The van der Waals surface area contributed by atoms with Gasteiger partial charge in [0, 0.05) is 6.42 Å². The minimum atomic E-state index is -0.668. The molecule has 0 fully saturated rings. The van der Waals surface area contributed by atoms with Gasteiger partial charge in [-0.15, -0.1) is 0 Å². The van der Waals surface area contributed by atoms with Crippen LogP contribution in [0.4, 0.5) is 0 Å². The molecule has 0 radical (unpaired) electrons. The first-order valence-electron chi connectivity index (χ1n) is 7.93.